The second-order valence-electron chi connectivity index (χ2n) is 4.95. The molecule has 3 N–H and O–H groups in total. The Morgan fingerprint density at radius 1 is 1.25 bits per heavy atom. The number of nitrogen functional groups attached to an aromatic ring is 1. The lowest BCUT2D eigenvalue weighted by Crippen LogP contribution is -2.37. The average molecular weight is 280 g/mol. The van der Waals surface area contributed by atoms with Crippen molar-refractivity contribution < 1.29 is 4.74 Å². The van der Waals surface area contributed by atoms with Gasteiger partial charge >= 0.3 is 0 Å². The number of hydrogen-bond acceptors (Lipinski definition) is 7. The minimum atomic E-state index is 0.260. The van der Waals surface area contributed by atoms with Gasteiger partial charge in [0, 0.05) is 19.1 Å². The van der Waals surface area contributed by atoms with Gasteiger partial charge in [0.05, 0.1) is 13.2 Å². The van der Waals surface area contributed by atoms with Crippen LogP contribution < -0.4 is 16.0 Å². The maximum Gasteiger partial charge on any atom is 0.232 e. The smallest absolute Gasteiger partial charge is 0.232 e. The summed E-state index contributed by atoms with van der Waals surface area (Å²) in [5.41, 5.74) is 5.80. The molecule has 0 saturated carbocycles. The van der Waals surface area contributed by atoms with E-state index in [1.807, 2.05) is 0 Å². The zero-order chi connectivity index (χ0) is 14.4. The number of anilines is 3. The Bertz CT molecular complexity index is 421. The van der Waals surface area contributed by atoms with Crippen molar-refractivity contribution in [1.82, 2.24) is 15.0 Å². The normalized spacial score (nSPS) is 17.0. The molecular formula is C13H24N6O. The van der Waals surface area contributed by atoms with Crippen LogP contribution in [0.25, 0.3) is 0 Å². The fourth-order valence-electron chi connectivity index (χ4n) is 2.26. The monoisotopic (exact) mass is 280 g/mol. The summed E-state index contributed by atoms with van der Waals surface area (Å²) in [6.07, 6.45) is 3.25. The van der Waals surface area contributed by atoms with Crippen LogP contribution >= 0.6 is 0 Å². The van der Waals surface area contributed by atoms with Crippen molar-refractivity contribution in [3.05, 3.63) is 0 Å². The van der Waals surface area contributed by atoms with Crippen LogP contribution in [-0.2, 0) is 4.74 Å². The van der Waals surface area contributed by atoms with E-state index in [4.69, 9.17) is 10.5 Å². The highest BCUT2D eigenvalue weighted by Gasteiger charge is 2.16. The quantitative estimate of drug-likeness (QED) is 0.811. The van der Waals surface area contributed by atoms with Crippen LogP contribution in [0.3, 0.4) is 0 Å². The molecule has 112 valence electrons. The van der Waals surface area contributed by atoms with E-state index in [-0.39, 0.29) is 5.95 Å². The highest BCUT2D eigenvalue weighted by molar-refractivity contribution is 5.42. The van der Waals surface area contributed by atoms with Gasteiger partial charge in [0.25, 0.3) is 0 Å². The lowest BCUT2D eigenvalue weighted by atomic mass is 10.1. The Balaban J connectivity index is 2.10. The molecule has 1 aliphatic heterocycles. The summed E-state index contributed by atoms with van der Waals surface area (Å²) in [6, 6.07) is 0.374. The fraction of sp³-hybridized carbons (Fsp3) is 0.769. The molecule has 1 atom stereocenters. The molecule has 7 nitrogen and oxygen atoms in total. The second kappa shape index (κ2) is 7.23. The Kier molecular flexibility index (Phi) is 5.34. The van der Waals surface area contributed by atoms with E-state index in [9.17, 15) is 0 Å². The number of ether oxygens (including phenoxy) is 1. The van der Waals surface area contributed by atoms with Crippen molar-refractivity contribution in [2.24, 2.45) is 0 Å². The van der Waals surface area contributed by atoms with Crippen LogP contribution in [0.1, 0.15) is 33.1 Å². The van der Waals surface area contributed by atoms with Gasteiger partial charge in [-0.3, -0.25) is 0 Å². The molecule has 1 fully saturated rings. The molecule has 1 aromatic heterocycles. The molecule has 0 amide bonds. The van der Waals surface area contributed by atoms with Gasteiger partial charge in [0.2, 0.25) is 17.8 Å². The predicted octanol–water partition coefficient (Wildman–Crippen LogP) is 1.28. The summed E-state index contributed by atoms with van der Waals surface area (Å²) in [5, 5.41) is 3.35. The molecule has 0 bridgehead atoms. The third-order valence-electron chi connectivity index (χ3n) is 3.40. The molecule has 0 aliphatic carbocycles. The summed E-state index contributed by atoms with van der Waals surface area (Å²) in [6.45, 7) is 7.29. The Hall–Kier alpha value is -1.63. The minimum absolute atomic E-state index is 0.260. The molecule has 1 aliphatic rings. The summed E-state index contributed by atoms with van der Waals surface area (Å²) < 4.78 is 5.34. The van der Waals surface area contributed by atoms with Gasteiger partial charge in [-0.15, -0.1) is 0 Å². The first-order valence-electron chi connectivity index (χ1n) is 7.33. The summed E-state index contributed by atoms with van der Waals surface area (Å²) in [4.78, 5) is 15.0. The topological polar surface area (TPSA) is 89.2 Å². The van der Waals surface area contributed by atoms with E-state index in [0.29, 0.717) is 31.2 Å². The molecule has 1 saturated heterocycles. The van der Waals surface area contributed by atoms with Crippen LogP contribution in [0.15, 0.2) is 0 Å². The van der Waals surface area contributed by atoms with Gasteiger partial charge in [-0.25, -0.2) is 0 Å². The minimum Gasteiger partial charge on any atom is -0.378 e. The molecule has 0 spiro atoms. The van der Waals surface area contributed by atoms with Crippen LogP contribution in [0, 0.1) is 0 Å². The summed E-state index contributed by atoms with van der Waals surface area (Å²) in [5.74, 6) is 1.46. The van der Waals surface area contributed by atoms with Gasteiger partial charge in [-0.05, 0) is 12.8 Å². The first-order chi connectivity index (χ1) is 9.72. The number of morpholine rings is 1. The van der Waals surface area contributed by atoms with E-state index in [2.05, 4.69) is 39.0 Å². The number of aromatic nitrogens is 3. The molecule has 7 heteroatoms. The third-order valence-corrected chi connectivity index (χ3v) is 3.40. The molecule has 0 aromatic carbocycles. The number of hydrogen-bond donors (Lipinski definition) is 2. The number of nitrogens with two attached hydrogens (primary N) is 1. The second-order valence-corrected chi connectivity index (χ2v) is 4.95. The van der Waals surface area contributed by atoms with Gasteiger partial charge in [-0.1, -0.05) is 20.3 Å². The highest BCUT2D eigenvalue weighted by Crippen LogP contribution is 2.15. The maximum absolute atomic E-state index is 5.80. The van der Waals surface area contributed by atoms with Crippen molar-refractivity contribution in [2.45, 2.75) is 39.2 Å². The van der Waals surface area contributed by atoms with Crippen molar-refractivity contribution in [3.8, 4) is 0 Å². The summed E-state index contributed by atoms with van der Waals surface area (Å²) in [7, 11) is 0. The predicted molar refractivity (Wildman–Crippen MR) is 79.9 cm³/mol. The lowest BCUT2D eigenvalue weighted by Gasteiger charge is -2.27. The van der Waals surface area contributed by atoms with E-state index < -0.39 is 0 Å². The molecule has 20 heavy (non-hydrogen) atoms. The van der Waals surface area contributed by atoms with Gasteiger partial charge in [0.1, 0.15) is 0 Å². The van der Waals surface area contributed by atoms with Crippen molar-refractivity contribution >= 4 is 17.8 Å². The summed E-state index contributed by atoms with van der Waals surface area (Å²) >= 11 is 0. The first-order valence-corrected chi connectivity index (χ1v) is 7.33. The number of nitrogens with zero attached hydrogens (tertiary/aromatic N) is 4. The molecule has 2 heterocycles. The van der Waals surface area contributed by atoms with Crippen molar-refractivity contribution in [2.75, 3.05) is 42.3 Å². The van der Waals surface area contributed by atoms with Crippen LogP contribution in [0.5, 0.6) is 0 Å². The molecular weight excluding hydrogens is 256 g/mol. The van der Waals surface area contributed by atoms with Crippen molar-refractivity contribution in [3.63, 3.8) is 0 Å². The van der Waals surface area contributed by atoms with Crippen LogP contribution in [0.4, 0.5) is 17.8 Å². The zero-order valence-electron chi connectivity index (χ0n) is 12.3. The van der Waals surface area contributed by atoms with Gasteiger partial charge in [0.15, 0.2) is 0 Å². The van der Waals surface area contributed by atoms with E-state index >= 15 is 0 Å². The van der Waals surface area contributed by atoms with Gasteiger partial charge < -0.3 is 20.7 Å². The lowest BCUT2D eigenvalue weighted by molar-refractivity contribution is 0.122. The largest absolute Gasteiger partial charge is 0.378 e. The maximum atomic E-state index is 5.80. The van der Waals surface area contributed by atoms with Crippen LogP contribution in [-0.4, -0.2) is 47.3 Å². The molecule has 1 aromatic rings. The SMILES string of the molecule is CCCC(CC)Nc1nc(N)nc(N2CCOCC2)n1. The van der Waals surface area contributed by atoms with E-state index in [1.54, 1.807) is 0 Å². The first kappa shape index (κ1) is 14.8. The third kappa shape index (κ3) is 3.93. The average Bonchev–Trinajstić information content (AvgIpc) is 2.47. The van der Waals surface area contributed by atoms with Crippen molar-refractivity contribution in [1.29, 1.82) is 0 Å². The standard InChI is InChI=1S/C13H24N6O/c1-3-5-10(4-2)15-12-16-11(14)17-13(18-12)19-6-8-20-9-7-19/h10H,3-9H2,1-2H3,(H3,14,15,16,17,18). The van der Waals surface area contributed by atoms with E-state index in [0.717, 1.165) is 32.4 Å². The molecule has 2 rings (SSSR count). The number of rotatable bonds is 6. The fourth-order valence-corrected chi connectivity index (χ4v) is 2.26. The highest BCUT2D eigenvalue weighted by atomic mass is 16.5. The van der Waals surface area contributed by atoms with Crippen LogP contribution in [0.2, 0.25) is 0 Å². The Morgan fingerprint density at radius 3 is 2.65 bits per heavy atom. The Labute approximate surface area is 119 Å². The number of nitrogens with one attached hydrogen (secondary N) is 1. The van der Waals surface area contributed by atoms with Gasteiger partial charge in [-0.2, -0.15) is 15.0 Å². The van der Waals surface area contributed by atoms with E-state index in [1.165, 1.54) is 0 Å². The zero-order valence-corrected chi connectivity index (χ0v) is 12.3. The molecule has 1 unspecified atom stereocenters. The Morgan fingerprint density at radius 2 is 2.00 bits per heavy atom. The molecule has 0 radical (unpaired) electrons.